The number of sulfonamides is 1. The molecule has 0 bridgehead atoms. The van der Waals surface area contributed by atoms with E-state index in [1.807, 2.05) is 0 Å². The molecule has 1 fully saturated rings. The van der Waals surface area contributed by atoms with Gasteiger partial charge in [-0.05, 0) is 0 Å². The molecule has 0 radical (unpaired) electrons. The standard InChI is InChI=1S/C7H11N3O3S/c1-9-4-7(8-5-9)14(12,13)10-2-6(11)3-10/h4-6,11H,2-3H2,1H3. The van der Waals surface area contributed by atoms with E-state index in [0.29, 0.717) is 0 Å². The minimum Gasteiger partial charge on any atom is -0.390 e. The van der Waals surface area contributed by atoms with Gasteiger partial charge in [0.25, 0.3) is 10.0 Å². The van der Waals surface area contributed by atoms with Gasteiger partial charge in [0.15, 0.2) is 5.03 Å². The topological polar surface area (TPSA) is 75.4 Å². The molecule has 1 aliphatic heterocycles. The summed E-state index contributed by atoms with van der Waals surface area (Å²) in [6, 6.07) is 0. The zero-order chi connectivity index (χ0) is 10.3. The summed E-state index contributed by atoms with van der Waals surface area (Å²) in [4.78, 5) is 3.77. The lowest BCUT2D eigenvalue weighted by Gasteiger charge is -2.33. The average Bonchev–Trinajstić information content (AvgIpc) is 2.46. The molecule has 0 amide bonds. The van der Waals surface area contributed by atoms with Crippen LogP contribution in [0.1, 0.15) is 0 Å². The lowest BCUT2D eigenvalue weighted by atomic mass is 10.2. The molecule has 6 nitrogen and oxygen atoms in total. The minimum absolute atomic E-state index is 0.0342. The molecule has 0 aliphatic carbocycles. The molecular weight excluding hydrogens is 206 g/mol. The molecule has 14 heavy (non-hydrogen) atoms. The van der Waals surface area contributed by atoms with Crippen molar-refractivity contribution in [2.45, 2.75) is 11.1 Å². The van der Waals surface area contributed by atoms with E-state index < -0.39 is 16.1 Å². The van der Waals surface area contributed by atoms with Crippen molar-refractivity contribution in [3.05, 3.63) is 12.5 Å². The third-order valence-corrected chi connectivity index (χ3v) is 3.83. The average molecular weight is 217 g/mol. The molecule has 0 saturated carbocycles. The highest BCUT2D eigenvalue weighted by molar-refractivity contribution is 7.89. The summed E-state index contributed by atoms with van der Waals surface area (Å²) in [5.74, 6) is 0. The second-order valence-corrected chi connectivity index (χ2v) is 5.24. The van der Waals surface area contributed by atoms with Crippen LogP contribution in [0.5, 0.6) is 0 Å². The van der Waals surface area contributed by atoms with Gasteiger partial charge in [0, 0.05) is 26.3 Å². The van der Waals surface area contributed by atoms with Crippen molar-refractivity contribution in [2.24, 2.45) is 7.05 Å². The molecule has 1 N–H and O–H groups in total. The molecular formula is C7H11N3O3S. The molecule has 1 aromatic heterocycles. The van der Waals surface area contributed by atoms with Crippen molar-refractivity contribution in [2.75, 3.05) is 13.1 Å². The van der Waals surface area contributed by atoms with Crippen molar-refractivity contribution in [1.82, 2.24) is 13.9 Å². The van der Waals surface area contributed by atoms with Crippen LogP contribution in [0, 0.1) is 0 Å². The van der Waals surface area contributed by atoms with Gasteiger partial charge in [-0.1, -0.05) is 0 Å². The maximum atomic E-state index is 11.7. The minimum atomic E-state index is -3.47. The van der Waals surface area contributed by atoms with Crippen LogP contribution in [0.25, 0.3) is 0 Å². The van der Waals surface area contributed by atoms with Gasteiger partial charge in [0.05, 0.1) is 12.4 Å². The van der Waals surface area contributed by atoms with Crippen LogP contribution in [0.15, 0.2) is 17.6 Å². The predicted octanol–water partition coefficient (Wildman–Crippen LogP) is -1.21. The van der Waals surface area contributed by atoms with Crippen LogP contribution in [0.3, 0.4) is 0 Å². The van der Waals surface area contributed by atoms with E-state index in [2.05, 4.69) is 4.98 Å². The largest absolute Gasteiger partial charge is 0.390 e. The summed E-state index contributed by atoms with van der Waals surface area (Å²) >= 11 is 0. The number of aromatic nitrogens is 2. The van der Waals surface area contributed by atoms with E-state index in [1.165, 1.54) is 16.8 Å². The van der Waals surface area contributed by atoms with E-state index >= 15 is 0 Å². The van der Waals surface area contributed by atoms with Gasteiger partial charge >= 0.3 is 0 Å². The van der Waals surface area contributed by atoms with E-state index in [0.717, 1.165) is 0 Å². The lowest BCUT2D eigenvalue weighted by molar-refractivity contribution is 0.0546. The molecule has 0 spiro atoms. The quantitative estimate of drug-likeness (QED) is 0.674. The van der Waals surface area contributed by atoms with E-state index in [1.54, 1.807) is 11.6 Å². The van der Waals surface area contributed by atoms with Crippen molar-refractivity contribution in [3.8, 4) is 0 Å². The van der Waals surface area contributed by atoms with Crippen molar-refractivity contribution < 1.29 is 13.5 Å². The Labute approximate surface area is 81.8 Å². The number of nitrogens with zero attached hydrogens (tertiary/aromatic N) is 3. The molecule has 2 rings (SSSR count). The molecule has 1 saturated heterocycles. The first kappa shape index (κ1) is 9.63. The summed E-state index contributed by atoms with van der Waals surface area (Å²) in [6.45, 7) is 0.331. The molecule has 2 heterocycles. The zero-order valence-electron chi connectivity index (χ0n) is 7.66. The summed E-state index contributed by atoms with van der Waals surface area (Å²) < 4.78 is 26.2. The second kappa shape index (κ2) is 3.04. The molecule has 7 heteroatoms. The molecule has 78 valence electrons. The van der Waals surface area contributed by atoms with Crippen LogP contribution in [-0.4, -0.2) is 46.6 Å². The molecule has 0 atom stereocenters. The van der Waals surface area contributed by atoms with Crippen LogP contribution in [0.4, 0.5) is 0 Å². The second-order valence-electron chi connectivity index (χ2n) is 3.35. The maximum Gasteiger partial charge on any atom is 0.262 e. The number of aliphatic hydroxyl groups is 1. The van der Waals surface area contributed by atoms with E-state index in [4.69, 9.17) is 5.11 Å². The maximum absolute atomic E-state index is 11.7. The normalized spacial score (nSPS) is 19.6. The van der Waals surface area contributed by atoms with Crippen molar-refractivity contribution in [1.29, 1.82) is 0 Å². The third-order valence-electron chi connectivity index (χ3n) is 2.11. The number of imidazole rings is 1. The number of aliphatic hydroxyl groups excluding tert-OH is 1. The Balaban J connectivity index is 2.25. The number of β-amino-alcohol motifs (C(OH)–C–C–N with tert-alkyl or cyclic N) is 1. The Hall–Kier alpha value is -0.920. The van der Waals surface area contributed by atoms with Crippen molar-refractivity contribution in [3.63, 3.8) is 0 Å². The summed E-state index contributed by atoms with van der Waals surface area (Å²) in [6.07, 6.45) is 2.34. The van der Waals surface area contributed by atoms with Gasteiger partial charge < -0.3 is 9.67 Å². The highest BCUT2D eigenvalue weighted by Gasteiger charge is 2.36. The first-order valence-corrected chi connectivity index (χ1v) is 5.60. The number of hydrogen-bond donors (Lipinski definition) is 1. The van der Waals surface area contributed by atoms with Gasteiger partial charge in [-0.3, -0.25) is 0 Å². The first-order valence-electron chi connectivity index (χ1n) is 4.16. The van der Waals surface area contributed by atoms with Gasteiger partial charge in [0.1, 0.15) is 0 Å². The van der Waals surface area contributed by atoms with Crippen LogP contribution < -0.4 is 0 Å². The molecule has 0 aromatic carbocycles. The smallest absolute Gasteiger partial charge is 0.262 e. The molecule has 1 aliphatic rings. The summed E-state index contributed by atoms with van der Waals surface area (Å²) in [7, 11) is -1.77. The third kappa shape index (κ3) is 1.43. The Morgan fingerprint density at radius 2 is 2.21 bits per heavy atom. The van der Waals surface area contributed by atoms with Gasteiger partial charge in [-0.25, -0.2) is 13.4 Å². The number of hydrogen-bond acceptors (Lipinski definition) is 4. The van der Waals surface area contributed by atoms with Gasteiger partial charge in [0.2, 0.25) is 0 Å². The highest BCUT2D eigenvalue weighted by Crippen LogP contribution is 2.19. The Kier molecular flexibility index (Phi) is 2.09. The Morgan fingerprint density at radius 3 is 2.64 bits per heavy atom. The summed E-state index contributed by atoms with van der Waals surface area (Å²) in [5.41, 5.74) is 0. The van der Waals surface area contributed by atoms with Crippen LogP contribution >= 0.6 is 0 Å². The molecule has 1 aromatic rings. The fourth-order valence-electron chi connectivity index (χ4n) is 1.27. The first-order chi connectivity index (χ1) is 6.50. The van der Waals surface area contributed by atoms with E-state index in [9.17, 15) is 8.42 Å². The van der Waals surface area contributed by atoms with Gasteiger partial charge in [-0.2, -0.15) is 4.31 Å². The highest BCUT2D eigenvalue weighted by atomic mass is 32.2. The van der Waals surface area contributed by atoms with Crippen LogP contribution in [-0.2, 0) is 17.1 Å². The Bertz CT molecular complexity index is 433. The fraction of sp³-hybridized carbons (Fsp3) is 0.571. The van der Waals surface area contributed by atoms with E-state index in [-0.39, 0.29) is 18.1 Å². The Morgan fingerprint density at radius 1 is 1.57 bits per heavy atom. The SMILES string of the molecule is Cn1cnc(S(=O)(=O)N2CC(O)C2)c1. The monoisotopic (exact) mass is 217 g/mol. The van der Waals surface area contributed by atoms with Crippen LogP contribution in [0.2, 0.25) is 0 Å². The molecule has 0 unspecified atom stereocenters. The summed E-state index contributed by atoms with van der Waals surface area (Å²) in [5, 5.41) is 9.04. The van der Waals surface area contributed by atoms with Gasteiger partial charge in [-0.15, -0.1) is 0 Å². The lowest BCUT2D eigenvalue weighted by Crippen LogP contribution is -2.53. The number of aryl methyl sites for hydroxylation is 1. The van der Waals surface area contributed by atoms with Crippen molar-refractivity contribution >= 4 is 10.0 Å². The predicted molar refractivity (Wildman–Crippen MR) is 48.0 cm³/mol. The zero-order valence-corrected chi connectivity index (χ0v) is 8.48. The number of rotatable bonds is 2. The fourth-order valence-corrected chi connectivity index (χ4v) is 2.75.